The van der Waals surface area contributed by atoms with Crippen molar-refractivity contribution in [3.63, 3.8) is 0 Å². The highest BCUT2D eigenvalue weighted by atomic mass is 32.2. The van der Waals surface area contributed by atoms with Gasteiger partial charge in [-0.2, -0.15) is 4.31 Å². The second-order valence-corrected chi connectivity index (χ2v) is 8.08. The first-order chi connectivity index (χ1) is 9.57. The van der Waals surface area contributed by atoms with Crippen LogP contribution in [-0.2, 0) is 16.6 Å². The van der Waals surface area contributed by atoms with E-state index in [0.717, 1.165) is 24.9 Å². The smallest absolute Gasteiger partial charge is 0.253 e. The van der Waals surface area contributed by atoms with Crippen molar-refractivity contribution < 1.29 is 8.42 Å². The summed E-state index contributed by atoms with van der Waals surface area (Å²) in [6.45, 7) is 4.28. The molecule has 0 atom stereocenters. The number of nitrogens with one attached hydrogen (secondary N) is 1. The van der Waals surface area contributed by atoms with Crippen LogP contribution in [0.4, 0.5) is 0 Å². The van der Waals surface area contributed by atoms with Crippen LogP contribution < -0.4 is 5.32 Å². The van der Waals surface area contributed by atoms with E-state index in [1.165, 1.54) is 15.6 Å². The lowest BCUT2D eigenvalue weighted by Crippen LogP contribution is -2.32. The van der Waals surface area contributed by atoms with Gasteiger partial charge in [0, 0.05) is 13.1 Å². The first kappa shape index (κ1) is 15.5. The molecule has 0 bridgehead atoms. The molecule has 0 radical (unpaired) electrons. The fourth-order valence-electron chi connectivity index (χ4n) is 1.92. The van der Waals surface area contributed by atoms with Gasteiger partial charge in [-0.15, -0.1) is 17.8 Å². The molecular weight excluding hydrogens is 292 g/mol. The first-order valence-electron chi connectivity index (χ1n) is 6.79. The van der Waals surface area contributed by atoms with Crippen LogP contribution in [0.1, 0.15) is 25.3 Å². The normalized spacial score (nSPS) is 15.4. The van der Waals surface area contributed by atoms with E-state index in [9.17, 15) is 8.42 Å². The number of rotatable bonds is 8. The van der Waals surface area contributed by atoms with Crippen molar-refractivity contribution in [3.8, 4) is 12.3 Å². The second kappa shape index (κ2) is 6.72. The zero-order valence-corrected chi connectivity index (χ0v) is 13.3. The highest BCUT2D eigenvalue weighted by Gasteiger charge is 2.32. The number of sulfonamides is 1. The van der Waals surface area contributed by atoms with Crippen molar-refractivity contribution in [3.05, 3.63) is 17.0 Å². The van der Waals surface area contributed by atoms with E-state index in [1.54, 1.807) is 6.07 Å². The van der Waals surface area contributed by atoms with Crippen molar-refractivity contribution in [1.82, 2.24) is 9.62 Å². The van der Waals surface area contributed by atoms with Crippen LogP contribution >= 0.6 is 11.3 Å². The van der Waals surface area contributed by atoms with Gasteiger partial charge in [0.05, 0.1) is 6.54 Å². The van der Waals surface area contributed by atoms with E-state index in [2.05, 4.69) is 11.2 Å². The topological polar surface area (TPSA) is 49.4 Å². The molecule has 1 aliphatic rings. The fraction of sp³-hybridized carbons (Fsp3) is 0.571. The van der Waals surface area contributed by atoms with Crippen molar-refractivity contribution in [2.24, 2.45) is 5.92 Å². The molecule has 1 aromatic rings. The molecule has 0 aromatic carbocycles. The number of nitrogens with zero attached hydrogens (tertiary/aromatic N) is 1. The van der Waals surface area contributed by atoms with E-state index in [-0.39, 0.29) is 6.54 Å². The molecule has 2 rings (SSSR count). The van der Waals surface area contributed by atoms with Gasteiger partial charge in [-0.25, -0.2) is 8.42 Å². The van der Waals surface area contributed by atoms with Crippen molar-refractivity contribution in [2.75, 3.05) is 19.6 Å². The Bertz CT molecular complexity index is 583. The number of terminal acetylenes is 1. The van der Waals surface area contributed by atoms with Crippen LogP contribution in [0.15, 0.2) is 15.7 Å². The third kappa shape index (κ3) is 3.83. The van der Waals surface area contributed by atoms with Gasteiger partial charge in [0.1, 0.15) is 4.21 Å². The molecule has 1 fully saturated rings. The Morgan fingerprint density at radius 3 is 2.90 bits per heavy atom. The van der Waals surface area contributed by atoms with Crippen LogP contribution in [0.5, 0.6) is 0 Å². The fourth-order valence-corrected chi connectivity index (χ4v) is 4.71. The molecular formula is C14H20N2O2S2. The number of hydrogen-bond acceptors (Lipinski definition) is 4. The average molecular weight is 312 g/mol. The maximum absolute atomic E-state index is 12.6. The van der Waals surface area contributed by atoms with Crippen molar-refractivity contribution >= 4 is 21.4 Å². The predicted molar refractivity (Wildman–Crippen MR) is 82.0 cm³/mol. The van der Waals surface area contributed by atoms with E-state index in [1.807, 2.05) is 12.3 Å². The Balaban J connectivity index is 2.13. The Morgan fingerprint density at radius 2 is 2.30 bits per heavy atom. The summed E-state index contributed by atoms with van der Waals surface area (Å²) in [5.74, 6) is 2.94. The predicted octanol–water partition coefficient (Wildman–Crippen LogP) is 1.89. The minimum atomic E-state index is -3.44. The first-order valence-corrected chi connectivity index (χ1v) is 9.11. The van der Waals surface area contributed by atoms with Crippen LogP contribution in [-0.4, -0.2) is 32.4 Å². The van der Waals surface area contributed by atoms with Gasteiger partial charge in [-0.3, -0.25) is 0 Å². The molecule has 1 N–H and O–H groups in total. The molecule has 6 heteroatoms. The lowest BCUT2D eigenvalue weighted by Gasteiger charge is -2.18. The van der Waals surface area contributed by atoms with Gasteiger partial charge in [-0.1, -0.05) is 12.8 Å². The number of hydrogen-bond donors (Lipinski definition) is 1. The Kier molecular flexibility index (Phi) is 5.22. The molecule has 1 heterocycles. The summed E-state index contributed by atoms with van der Waals surface area (Å²) in [7, 11) is -3.44. The van der Waals surface area contributed by atoms with Crippen LogP contribution in [0, 0.1) is 18.3 Å². The van der Waals surface area contributed by atoms with Gasteiger partial charge in [0.2, 0.25) is 0 Å². The minimum Gasteiger partial charge on any atom is -0.313 e. The minimum absolute atomic E-state index is 0.152. The zero-order valence-electron chi connectivity index (χ0n) is 11.6. The maximum Gasteiger partial charge on any atom is 0.253 e. The van der Waals surface area contributed by atoms with Crippen LogP contribution in [0.3, 0.4) is 0 Å². The molecule has 110 valence electrons. The highest BCUT2D eigenvalue weighted by molar-refractivity contribution is 7.91. The molecule has 0 unspecified atom stereocenters. The van der Waals surface area contributed by atoms with Crippen LogP contribution in [0.25, 0.3) is 0 Å². The molecule has 0 aliphatic heterocycles. The van der Waals surface area contributed by atoms with E-state index >= 15 is 0 Å². The SMILES string of the molecule is C#CCN(CC1CC1)S(=O)(=O)c1cc(CNCC)cs1. The summed E-state index contributed by atoms with van der Waals surface area (Å²) >= 11 is 1.27. The molecule has 20 heavy (non-hydrogen) atoms. The summed E-state index contributed by atoms with van der Waals surface area (Å²) in [6.07, 6.45) is 7.52. The highest BCUT2D eigenvalue weighted by Crippen LogP contribution is 2.32. The zero-order chi connectivity index (χ0) is 14.6. The van der Waals surface area contributed by atoms with Gasteiger partial charge in [0.15, 0.2) is 0 Å². The summed E-state index contributed by atoms with van der Waals surface area (Å²) in [4.78, 5) is 0. The maximum atomic E-state index is 12.6. The summed E-state index contributed by atoms with van der Waals surface area (Å²) in [6, 6.07) is 1.75. The molecule has 0 saturated heterocycles. The van der Waals surface area contributed by atoms with Gasteiger partial charge >= 0.3 is 0 Å². The largest absolute Gasteiger partial charge is 0.313 e. The summed E-state index contributed by atoms with van der Waals surface area (Å²) in [5, 5.41) is 5.08. The van der Waals surface area contributed by atoms with Crippen LogP contribution in [0.2, 0.25) is 0 Å². The quantitative estimate of drug-likeness (QED) is 0.746. The Hall–Kier alpha value is -0.870. The Morgan fingerprint density at radius 1 is 1.55 bits per heavy atom. The van der Waals surface area contributed by atoms with Gasteiger partial charge < -0.3 is 5.32 Å². The summed E-state index contributed by atoms with van der Waals surface area (Å²) < 4.78 is 27.0. The average Bonchev–Trinajstić information content (AvgIpc) is 3.10. The Labute approximate surface area is 125 Å². The van der Waals surface area contributed by atoms with Crippen molar-refractivity contribution in [1.29, 1.82) is 0 Å². The molecule has 4 nitrogen and oxygen atoms in total. The molecule has 0 spiro atoms. The molecule has 1 aliphatic carbocycles. The molecule has 0 amide bonds. The van der Waals surface area contributed by atoms with Gasteiger partial charge in [0.25, 0.3) is 10.0 Å². The molecule has 1 saturated carbocycles. The lowest BCUT2D eigenvalue weighted by molar-refractivity contribution is 0.431. The number of thiophene rings is 1. The van der Waals surface area contributed by atoms with E-state index in [4.69, 9.17) is 6.42 Å². The lowest BCUT2D eigenvalue weighted by atomic mass is 10.3. The van der Waals surface area contributed by atoms with Crippen molar-refractivity contribution in [2.45, 2.75) is 30.5 Å². The van der Waals surface area contributed by atoms with E-state index in [0.29, 0.717) is 23.2 Å². The third-order valence-electron chi connectivity index (χ3n) is 3.23. The standard InChI is InChI=1S/C14H20N2O2S2/c1-3-7-16(10-12-5-6-12)20(17,18)14-8-13(11-19-14)9-15-4-2/h1,8,11-12,15H,4-7,9-10H2,2H3. The second-order valence-electron chi connectivity index (χ2n) is 5.00. The van der Waals surface area contributed by atoms with Gasteiger partial charge in [-0.05, 0) is 42.3 Å². The van der Waals surface area contributed by atoms with E-state index < -0.39 is 10.0 Å². The summed E-state index contributed by atoms with van der Waals surface area (Å²) in [5.41, 5.74) is 1.00. The molecule has 1 aromatic heterocycles. The monoisotopic (exact) mass is 312 g/mol. The third-order valence-corrected chi connectivity index (χ3v) is 6.51.